The monoisotopic (exact) mass is 411 g/mol. The van der Waals surface area contributed by atoms with E-state index in [0.29, 0.717) is 11.6 Å². The summed E-state index contributed by atoms with van der Waals surface area (Å²) in [5, 5.41) is 10.8. The van der Waals surface area contributed by atoms with Crippen molar-refractivity contribution in [3.05, 3.63) is 66.5 Å². The molecule has 0 bridgehead atoms. The molecule has 4 rings (SSSR count). The lowest BCUT2D eigenvalue weighted by molar-refractivity contribution is -0.510. The smallest absolute Gasteiger partial charge is 0.286 e. The van der Waals surface area contributed by atoms with Crippen LogP contribution in [0.25, 0.3) is 16.9 Å². The van der Waals surface area contributed by atoms with E-state index in [1.54, 1.807) is 12.3 Å². The molecule has 0 fully saturated rings. The maximum Gasteiger partial charge on any atom is 0.286 e. The summed E-state index contributed by atoms with van der Waals surface area (Å²) in [6.07, 6.45) is 5.92. The van der Waals surface area contributed by atoms with Crippen molar-refractivity contribution in [2.24, 2.45) is 12.1 Å². The van der Waals surface area contributed by atoms with Gasteiger partial charge in [0.15, 0.2) is 11.5 Å². The van der Waals surface area contributed by atoms with Crippen molar-refractivity contribution in [1.82, 2.24) is 14.8 Å². The van der Waals surface area contributed by atoms with Crippen LogP contribution < -0.4 is 32.5 Å². The van der Waals surface area contributed by atoms with Crippen LogP contribution in [0.3, 0.4) is 0 Å². The van der Waals surface area contributed by atoms with Crippen LogP contribution in [-0.4, -0.2) is 21.0 Å². The molecule has 0 saturated carbocycles. The number of aromatic amines is 1. The van der Waals surface area contributed by atoms with Crippen molar-refractivity contribution in [3.8, 4) is 11.3 Å². The molecule has 3 aromatic heterocycles. The topological polar surface area (TPSA) is 88.1 Å². The van der Waals surface area contributed by atoms with Gasteiger partial charge in [0.1, 0.15) is 12.0 Å². The minimum absolute atomic E-state index is 0. The normalized spacial score (nSPS) is 11.0. The Bertz CT molecular complexity index is 1050. The first-order valence-electron chi connectivity index (χ1n) is 7.87. The minimum atomic E-state index is 0. The molecule has 0 atom stereocenters. The SMILES string of the molecule is Cn1c(-c2ccc(/C=N/Nc3cc(N)[nH]n3)cc2)c[n+]2ccccc12.[Br-]. The van der Waals surface area contributed by atoms with Gasteiger partial charge in [-0.15, -0.1) is 0 Å². The van der Waals surface area contributed by atoms with Crippen LogP contribution in [0.2, 0.25) is 0 Å². The second-order valence-corrected chi connectivity index (χ2v) is 5.74. The van der Waals surface area contributed by atoms with Crippen molar-refractivity contribution in [2.75, 3.05) is 11.2 Å². The average Bonchev–Trinajstić information content (AvgIpc) is 3.20. The number of fused-ring (bicyclic) bond motifs is 1. The summed E-state index contributed by atoms with van der Waals surface area (Å²) in [6, 6.07) is 16.1. The molecule has 4 aromatic rings. The second-order valence-electron chi connectivity index (χ2n) is 5.74. The summed E-state index contributed by atoms with van der Waals surface area (Å²) in [5.74, 6) is 1.08. The molecule has 0 aliphatic rings. The Labute approximate surface area is 160 Å². The first-order chi connectivity index (χ1) is 12.2. The number of imidazole rings is 1. The van der Waals surface area contributed by atoms with Gasteiger partial charge in [0.2, 0.25) is 0 Å². The molecule has 0 aliphatic carbocycles. The van der Waals surface area contributed by atoms with E-state index in [1.165, 1.54) is 0 Å². The Kier molecular flexibility index (Phi) is 5.04. The summed E-state index contributed by atoms with van der Waals surface area (Å²) in [6.45, 7) is 0. The Morgan fingerprint density at radius 2 is 2.04 bits per heavy atom. The number of nitrogens with two attached hydrogens (primary N) is 1. The Balaban J connectivity index is 0.00000196. The van der Waals surface area contributed by atoms with E-state index in [4.69, 9.17) is 5.73 Å². The highest BCUT2D eigenvalue weighted by Crippen LogP contribution is 2.19. The zero-order valence-corrected chi connectivity index (χ0v) is 15.7. The number of hydrogen-bond donors (Lipinski definition) is 3. The van der Waals surface area contributed by atoms with E-state index in [2.05, 4.69) is 61.1 Å². The highest BCUT2D eigenvalue weighted by molar-refractivity contribution is 5.81. The summed E-state index contributed by atoms with van der Waals surface area (Å²) in [7, 11) is 2.07. The molecule has 8 heteroatoms. The quantitative estimate of drug-likeness (QED) is 0.233. The van der Waals surface area contributed by atoms with Crippen molar-refractivity contribution in [2.45, 2.75) is 0 Å². The third-order valence-corrected chi connectivity index (χ3v) is 4.03. The van der Waals surface area contributed by atoms with Gasteiger partial charge in [0.05, 0.1) is 19.5 Å². The van der Waals surface area contributed by atoms with E-state index < -0.39 is 0 Å². The Morgan fingerprint density at radius 1 is 1.23 bits per heavy atom. The molecule has 0 saturated heterocycles. The molecule has 1 aromatic carbocycles. The summed E-state index contributed by atoms with van der Waals surface area (Å²) >= 11 is 0. The number of nitrogens with zero attached hydrogens (tertiary/aromatic N) is 4. The van der Waals surface area contributed by atoms with Crippen molar-refractivity contribution >= 4 is 23.5 Å². The van der Waals surface area contributed by atoms with Gasteiger partial charge in [-0.25, -0.2) is 8.97 Å². The number of H-pyrrole nitrogens is 1. The summed E-state index contributed by atoms with van der Waals surface area (Å²) in [5.41, 5.74) is 12.8. The summed E-state index contributed by atoms with van der Waals surface area (Å²) < 4.78 is 4.29. The maximum atomic E-state index is 5.56. The fourth-order valence-corrected chi connectivity index (χ4v) is 2.76. The third kappa shape index (κ3) is 3.45. The predicted octanol–water partition coefficient (Wildman–Crippen LogP) is -0.814. The lowest BCUT2D eigenvalue weighted by atomic mass is 10.1. The largest absolute Gasteiger partial charge is 1.00 e. The zero-order chi connectivity index (χ0) is 17.2. The molecule has 0 spiro atoms. The number of aryl methyl sites for hydroxylation is 1. The molecule has 0 aliphatic heterocycles. The molecule has 0 unspecified atom stereocenters. The highest BCUT2D eigenvalue weighted by atomic mass is 79.9. The molecule has 132 valence electrons. The average molecular weight is 412 g/mol. The molecular weight excluding hydrogens is 394 g/mol. The fourth-order valence-electron chi connectivity index (χ4n) is 2.76. The van der Waals surface area contributed by atoms with E-state index in [0.717, 1.165) is 22.5 Å². The number of rotatable bonds is 4. The third-order valence-electron chi connectivity index (χ3n) is 4.03. The molecule has 4 N–H and O–H groups in total. The molecular formula is C18H18BrN7. The van der Waals surface area contributed by atoms with E-state index >= 15 is 0 Å². The molecule has 3 heterocycles. The number of pyridine rings is 1. The standard InChI is InChI=1S/C18H18N7.BrH/c1-24-15(12-25-9-3-2-4-18(24)25)14-7-5-13(6-8-14)11-20-22-17-10-16(19)21-23-17;/h2-12H,1H3,(H4,19,21,22,23);1H/q+1;/p-1/b20-11+;. The summed E-state index contributed by atoms with van der Waals surface area (Å²) in [4.78, 5) is 0. The first kappa shape index (κ1) is 17.7. The van der Waals surface area contributed by atoms with Crippen LogP contribution in [0.1, 0.15) is 5.56 Å². The number of hydrazone groups is 1. The maximum absolute atomic E-state index is 5.56. The Morgan fingerprint density at radius 3 is 2.73 bits per heavy atom. The lowest BCUT2D eigenvalue weighted by Crippen LogP contribution is -3.00. The lowest BCUT2D eigenvalue weighted by Gasteiger charge is -1.99. The van der Waals surface area contributed by atoms with Gasteiger partial charge in [0, 0.05) is 17.7 Å². The number of benzene rings is 1. The number of nitrogen functional groups attached to an aromatic ring is 1. The van der Waals surface area contributed by atoms with E-state index in [1.807, 2.05) is 30.5 Å². The number of halogens is 1. The first-order valence-corrected chi connectivity index (χ1v) is 7.87. The van der Waals surface area contributed by atoms with Crippen LogP contribution in [0.4, 0.5) is 11.6 Å². The molecule has 0 radical (unpaired) electrons. The van der Waals surface area contributed by atoms with Crippen LogP contribution in [0.15, 0.2) is 66.0 Å². The van der Waals surface area contributed by atoms with Gasteiger partial charge in [-0.2, -0.15) is 10.2 Å². The van der Waals surface area contributed by atoms with Gasteiger partial charge in [0.25, 0.3) is 5.65 Å². The van der Waals surface area contributed by atoms with Crippen molar-refractivity contribution in [1.29, 1.82) is 0 Å². The fraction of sp³-hybridized carbons (Fsp3) is 0.0556. The van der Waals surface area contributed by atoms with Crippen LogP contribution >= 0.6 is 0 Å². The van der Waals surface area contributed by atoms with E-state index in [9.17, 15) is 0 Å². The van der Waals surface area contributed by atoms with Crippen LogP contribution in [0.5, 0.6) is 0 Å². The van der Waals surface area contributed by atoms with Gasteiger partial charge < -0.3 is 22.7 Å². The Hall–Kier alpha value is -3.13. The van der Waals surface area contributed by atoms with Gasteiger partial charge >= 0.3 is 0 Å². The molecule has 26 heavy (non-hydrogen) atoms. The van der Waals surface area contributed by atoms with Crippen molar-refractivity contribution < 1.29 is 21.4 Å². The number of hydrogen-bond acceptors (Lipinski definition) is 4. The zero-order valence-electron chi connectivity index (χ0n) is 14.1. The molecule has 7 nitrogen and oxygen atoms in total. The second kappa shape index (κ2) is 7.40. The molecule has 0 amide bonds. The number of aromatic nitrogens is 4. The van der Waals surface area contributed by atoms with Gasteiger partial charge in [-0.3, -0.25) is 10.5 Å². The van der Waals surface area contributed by atoms with Gasteiger partial charge in [-0.05, 0) is 23.8 Å². The number of anilines is 2. The van der Waals surface area contributed by atoms with E-state index in [-0.39, 0.29) is 17.0 Å². The predicted molar refractivity (Wildman–Crippen MR) is 98.2 cm³/mol. The van der Waals surface area contributed by atoms with Crippen molar-refractivity contribution in [3.63, 3.8) is 0 Å². The van der Waals surface area contributed by atoms with Crippen LogP contribution in [0, 0.1) is 0 Å². The number of nitrogens with one attached hydrogen (secondary N) is 2. The van der Waals surface area contributed by atoms with Gasteiger partial charge in [-0.1, -0.05) is 18.2 Å². The highest BCUT2D eigenvalue weighted by Gasteiger charge is 2.14. The minimum Gasteiger partial charge on any atom is -1.00 e. The van der Waals surface area contributed by atoms with Crippen LogP contribution in [-0.2, 0) is 7.05 Å².